The first kappa shape index (κ1) is 18.1. The van der Waals surface area contributed by atoms with Crippen molar-refractivity contribution < 1.29 is 14.3 Å². The number of fused-ring (bicyclic) bond motifs is 1. The van der Waals surface area contributed by atoms with Gasteiger partial charge in [-0.2, -0.15) is 0 Å². The maximum atomic E-state index is 12.5. The van der Waals surface area contributed by atoms with E-state index in [0.29, 0.717) is 0 Å². The van der Waals surface area contributed by atoms with E-state index in [4.69, 9.17) is 4.74 Å². The summed E-state index contributed by atoms with van der Waals surface area (Å²) in [5, 5.41) is 0. The molecule has 0 bridgehead atoms. The Morgan fingerprint density at radius 1 is 1.23 bits per heavy atom. The van der Waals surface area contributed by atoms with E-state index in [0.717, 1.165) is 30.5 Å². The lowest BCUT2D eigenvalue weighted by atomic mass is 9.87. The number of carbonyl (C=O) groups excluding carboxylic acids is 2. The molecule has 0 spiro atoms. The largest absolute Gasteiger partial charge is 0.455 e. The van der Waals surface area contributed by atoms with Gasteiger partial charge < -0.3 is 9.64 Å². The van der Waals surface area contributed by atoms with Gasteiger partial charge in [-0.05, 0) is 48.9 Å². The van der Waals surface area contributed by atoms with Crippen molar-refractivity contribution in [1.82, 2.24) is 9.88 Å². The average Bonchev–Trinajstić information content (AvgIpc) is 2.67. The van der Waals surface area contributed by atoms with E-state index in [9.17, 15) is 9.59 Å². The lowest BCUT2D eigenvalue weighted by Crippen LogP contribution is -2.36. The lowest BCUT2D eigenvalue weighted by Gasteiger charge is -2.33. The Labute approximate surface area is 154 Å². The molecular weight excluding hydrogens is 328 g/mol. The Morgan fingerprint density at radius 3 is 2.81 bits per heavy atom. The zero-order valence-corrected chi connectivity index (χ0v) is 15.3. The van der Waals surface area contributed by atoms with Crippen LogP contribution in [0.15, 0.2) is 42.6 Å². The molecule has 0 N–H and O–H groups in total. The number of hydrogen-bond acceptors (Lipinski definition) is 4. The molecule has 5 nitrogen and oxygen atoms in total. The van der Waals surface area contributed by atoms with E-state index in [1.807, 2.05) is 31.2 Å². The van der Waals surface area contributed by atoms with Crippen molar-refractivity contribution in [3.8, 4) is 0 Å². The summed E-state index contributed by atoms with van der Waals surface area (Å²) in [5.74, 6) is -0.594. The molecule has 26 heavy (non-hydrogen) atoms. The highest BCUT2D eigenvalue weighted by Gasteiger charge is 2.26. The first-order chi connectivity index (χ1) is 12.5. The predicted octanol–water partition coefficient (Wildman–Crippen LogP) is 3.01. The number of ether oxygens (including phenoxy) is 1. The standard InChI is InChI=1S/C21H24N2O3/c1-15-10-11-16(13-22-15)12-21(25)26-14-20(24)23(2)19-9-5-7-17-6-3-4-8-18(17)19/h3-4,6,8,10-11,13,19H,5,7,9,12,14H2,1-2H3. The molecule has 1 unspecified atom stereocenters. The van der Waals surface area contributed by atoms with E-state index < -0.39 is 5.97 Å². The number of nitrogens with zero attached hydrogens (tertiary/aromatic N) is 2. The molecule has 0 saturated heterocycles. The van der Waals surface area contributed by atoms with Gasteiger partial charge in [-0.1, -0.05) is 30.3 Å². The van der Waals surface area contributed by atoms with Crippen molar-refractivity contribution >= 4 is 11.9 Å². The van der Waals surface area contributed by atoms with Crippen LogP contribution in [0.1, 0.15) is 41.3 Å². The molecule has 1 aliphatic carbocycles. The molecule has 0 aliphatic heterocycles. The Morgan fingerprint density at radius 2 is 2.04 bits per heavy atom. The molecule has 5 heteroatoms. The van der Waals surface area contributed by atoms with Crippen molar-refractivity contribution in [2.24, 2.45) is 0 Å². The van der Waals surface area contributed by atoms with Gasteiger partial charge in [0.1, 0.15) is 0 Å². The minimum Gasteiger partial charge on any atom is -0.455 e. The number of carbonyl (C=O) groups is 2. The Kier molecular flexibility index (Phi) is 5.66. The maximum absolute atomic E-state index is 12.5. The summed E-state index contributed by atoms with van der Waals surface area (Å²) in [6.45, 7) is 1.66. The third kappa shape index (κ3) is 4.28. The van der Waals surface area contributed by atoms with E-state index in [-0.39, 0.29) is 25.0 Å². The van der Waals surface area contributed by atoms with Crippen LogP contribution in [0, 0.1) is 6.92 Å². The molecule has 0 fully saturated rings. The summed E-state index contributed by atoms with van der Waals surface area (Å²) in [7, 11) is 1.78. The van der Waals surface area contributed by atoms with Gasteiger partial charge in [0.05, 0.1) is 12.5 Å². The molecule has 136 valence electrons. The van der Waals surface area contributed by atoms with Crippen LogP contribution in [0.4, 0.5) is 0 Å². The minimum atomic E-state index is -0.415. The zero-order valence-electron chi connectivity index (χ0n) is 15.3. The highest BCUT2D eigenvalue weighted by atomic mass is 16.5. The van der Waals surface area contributed by atoms with E-state index in [2.05, 4.69) is 17.1 Å². The topological polar surface area (TPSA) is 59.5 Å². The first-order valence-corrected chi connectivity index (χ1v) is 8.95. The number of esters is 1. The van der Waals surface area contributed by atoms with E-state index in [1.54, 1.807) is 18.1 Å². The number of likely N-dealkylation sites (N-methyl/N-ethyl adjacent to an activating group) is 1. The molecule has 0 radical (unpaired) electrons. The highest BCUT2D eigenvalue weighted by molar-refractivity contribution is 5.81. The summed E-state index contributed by atoms with van der Waals surface area (Å²) < 4.78 is 5.18. The van der Waals surface area contributed by atoms with Crippen LogP contribution in [-0.2, 0) is 27.2 Å². The molecule has 0 saturated carbocycles. The lowest BCUT2D eigenvalue weighted by molar-refractivity contribution is -0.152. The molecule has 1 amide bonds. The number of amides is 1. The van der Waals surface area contributed by atoms with Gasteiger partial charge in [0.15, 0.2) is 6.61 Å². The number of hydrogen-bond donors (Lipinski definition) is 0. The molecule has 1 aromatic heterocycles. The van der Waals surface area contributed by atoms with Crippen LogP contribution < -0.4 is 0 Å². The van der Waals surface area contributed by atoms with Gasteiger partial charge in [0.2, 0.25) is 0 Å². The Balaban J connectivity index is 1.55. The fourth-order valence-corrected chi connectivity index (χ4v) is 3.37. The summed E-state index contributed by atoms with van der Waals surface area (Å²) in [5.41, 5.74) is 4.17. The molecule has 1 aromatic carbocycles. The first-order valence-electron chi connectivity index (χ1n) is 8.95. The van der Waals surface area contributed by atoms with Crippen molar-refractivity contribution in [1.29, 1.82) is 0 Å². The normalized spacial score (nSPS) is 15.8. The highest BCUT2D eigenvalue weighted by Crippen LogP contribution is 2.33. The maximum Gasteiger partial charge on any atom is 0.310 e. The average molecular weight is 352 g/mol. The second-order valence-corrected chi connectivity index (χ2v) is 6.76. The molecule has 1 aliphatic rings. The van der Waals surface area contributed by atoms with Gasteiger partial charge >= 0.3 is 5.97 Å². The van der Waals surface area contributed by atoms with Gasteiger partial charge in [-0.15, -0.1) is 0 Å². The van der Waals surface area contributed by atoms with Crippen molar-refractivity contribution in [3.05, 3.63) is 65.0 Å². The third-order valence-electron chi connectivity index (χ3n) is 4.88. The smallest absolute Gasteiger partial charge is 0.310 e. The number of rotatable bonds is 5. The SMILES string of the molecule is Cc1ccc(CC(=O)OCC(=O)N(C)C2CCCc3ccccc32)cn1. The van der Waals surface area contributed by atoms with Crippen molar-refractivity contribution in [2.75, 3.05) is 13.7 Å². The third-order valence-corrected chi connectivity index (χ3v) is 4.88. The van der Waals surface area contributed by atoms with E-state index >= 15 is 0 Å². The van der Waals surface area contributed by atoms with Gasteiger partial charge in [0, 0.05) is 18.9 Å². The van der Waals surface area contributed by atoms with Crippen LogP contribution in [0.25, 0.3) is 0 Å². The van der Waals surface area contributed by atoms with Gasteiger partial charge in [-0.3, -0.25) is 14.6 Å². The minimum absolute atomic E-state index is 0.0486. The van der Waals surface area contributed by atoms with Gasteiger partial charge in [0.25, 0.3) is 5.91 Å². The fourth-order valence-electron chi connectivity index (χ4n) is 3.37. The summed E-state index contributed by atoms with van der Waals surface area (Å²) in [6.07, 6.45) is 4.82. The molecule has 2 aromatic rings. The Bertz CT molecular complexity index is 786. The second-order valence-electron chi connectivity index (χ2n) is 6.76. The Hall–Kier alpha value is -2.69. The van der Waals surface area contributed by atoms with Crippen LogP contribution in [0.5, 0.6) is 0 Å². The molecule has 3 rings (SSSR count). The number of benzene rings is 1. The number of aryl methyl sites for hydroxylation is 2. The fraction of sp³-hybridized carbons (Fsp3) is 0.381. The summed E-state index contributed by atoms with van der Waals surface area (Å²) in [6, 6.07) is 12.0. The van der Waals surface area contributed by atoms with Crippen LogP contribution in [0.2, 0.25) is 0 Å². The summed E-state index contributed by atoms with van der Waals surface area (Å²) >= 11 is 0. The summed E-state index contributed by atoms with van der Waals surface area (Å²) in [4.78, 5) is 30.3. The second kappa shape index (κ2) is 8.13. The van der Waals surface area contributed by atoms with Crippen molar-refractivity contribution in [3.63, 3.8) is 0 Å². The quantitative estimate of drug-likeness (QED) is 0.776. The molecular formula is C21H24N2O3. The predicted molar refractivity (Wildman–Crippen MR) is 98.5 cm³/mol. The van der Waals surface area contributed by atoms with Crippen LogP contribution >= 0.6 is 0 Å². The van der Waals surface area contributed by atoms with Crippen LogP contribution in [-0.4, -0.2) is 35.4 Å². The van der Waals surface area contributed by atoms with E-state index in [1.165, 1.54) is 11.1 Å². The molecule has 1 heterocycles. The number of pyridine rings is 1. The monoisotopic (exact) mass is 352 g/mol. The van der Waals surface area contributed by atoms with Crippen LogP contribution in [0.3, 0.4) is 0 Å². The van der Waals surface area contributed by atoms with Gasteiger partial charge in [-0.25, -0.2) is 0 Å². The zero-order chi connectivity index (χ0) is 18.5. The van der Waals surface area contributed by atoms with Crippen molar-refractivity contribution in [2.45, 2.75) is 38.6 Å². The molecule has 1 atom stereocenters. The number of aromatic nitrogens is 1.